The quantitative estimate of drug-likeness (QED) is 0.558. The number of ether oxygens (including phenoxy) is 2. The van der Waals surface area contributed by atoms with Gasteiger partial charge in [0.2, 0.25) is 10.0 Å². The average Bonchev–Trinajstić information content (AvgIpc) is 2.38. The molecule has 1 rings (SSSR count). The van der Waals surface area contributed by atoms with Gasteiger partial charge in [0.25, 0.3) is 0 Å². The summed E-state index contributed by atoms with van der Waals surface area (Å²) in [7, 11) is -1.82. The fourth-order valence-corrected chi connectivity index (χ4v) is 3.34. The first-order valence-corrected chi connectivity index (χ1v) is 8.16. The zero-order valence-corrected chi connectivity index (χ0v) is 13.1. The Hall–Kier alpha value is -0.950. The van der Waals surface area contributed by atoms with Crippen LogP contribution in [0.1, 0.15) is 25.8 Å². The van der Waals surface area contributed by atoms with Crippen LogP contribution in [0.4, 0.5) is 0 Å². The number of sulfonamides is 1. The Morgan fingerprint density at radius 3 is 2.45 bits per heavy atom. The van der Waals surface area contributed by atoms with Gasteiger partial charge in [0.05, 0.1) is 17.9 Å². The van der Waals surface area contributed by atoms with E-state index >= 15 is 0 Å². The maximum absolute atomic E-state index is 12.1. The molecular formula is C14H23NO4S. The second-order valence-electron chi connectivity index (χ2n) is 5.08. The smallest absolute Gasteiger partial charge is 0.212 e. The Morgan fingerprint density at radius 2 is 1.85 bits per heavy atom. The summed E-state index contributed by atoms with van der Waals surface area (Å²) in [6, 6.07) is 9.50. The molecule has 0 saturated carbocycles. The minimum absolute atomic E-state index is 0.0347. The van der Waals surface area contributed by atoms with Crippen molar-refractivity contribution in [2.75, 3.05) is 26.3 Å². The fraction of sp³-hybridized carbons (Fsp3) is 0.571. The summed E-state index contributed by atoms with van der Waals surface area (Å²) < 4.78 is 36.6. The molecule has 5 nitrogen and oxygen atoms in total. The van der Waals surface area contributed by atoms with Crippen molar-refractivity contribution >= 4 is 10.0 Å². The van der Waals surface area contributed by atoms with Gasteiger partial charge in [0.15, 0.2) is 0 Å². The number of rotatable bonds is 9. The Labute approximate surface area is 121 Å². The summed E-state index contributed by atoms with van der Waals surface area (Å²) in [5.41, 5.74) is 0.298. The van der Waals surface area contributed by atoms with Crippen LogP contribution in [0.2, 0.25) is 0 Å². The van der Waals surface area contributed by atoms with Crippen molar-refractivity contribution in [1.29, 1.82) is 0 Å². The van der Waals surface area contributed by atoms with E-state index in [0.29, 0.717) is 13.0 Å². The lowest BCUT2D eigenvalue weighted by Crippen LogP contribution is -2.42. The number of hydrogen-bond acceptors (Lipinski definition) is 4. The van der Waals surface area contributed by atoms with Crippen LogP contribution in [0.5, 0.6) is 0 Å². The molecule has 0 bridgehead atoms. The normalized spacial score (nSPS) is 12.6. The molecule has 0 aromatic heterocycles. The van der Waals surface area contributed by atoms with Crippen molar-refractivity contribution in [3.05, 3.63) is 35.9 Å². The number of nitrogens with one attached hydrogen (secondary N) is 1. The summed E-state index contributed by atoms with van der Waals surface area (Å²) in [6.07, 6.45) is 0.434. The zero-order valence-electron chi connectivity index (χ0n) is 12.3. The lowest BCUT2D eigenvalue weighted by Gasteiger charge is -2.26. The van der Waals surface area contributed by atoms with Crippen LogP contribution in [0.3, 0.4) is 0 Å². The molecule has 0 aliphatic heterocycles. The molecule has 0 saturated heterocycles. The Balaban J connectivity index is 2.53. The molecule has 1 aromatic rings. The molecule has 0 amide bonds. The van der Waals surface area contributed by atoms with Gasteiger partial charge in [-0.1, -0.05) is 30.3 Å². The van der Waals surface area contributed by atoms with Gasteiger partial charge < -0.3 is 9.47 Å². The second-order valence-corrected chi connectivity index (χ2v) is 6.92. The maximum Gasteiger partial charge on any atom is 0.212 e. The monoisotopic (exact) mass is 301 g/mol. The predicted octanol–water partition coefficient (Wildman–Crippen LogP) is 1.85. The fourth-order valence-electron chi connectivity index (χ4n) is 1.85. The summed E-state index contributed by atoms with van der Waals surface area (Å²) >= 11 is 0. The minimum Gasteiger partial charge on any atom is -0.359 e. The van der Waals surface area contributed by atoms with E-state index in [9.17, 15) is 8.42 Å². The first-order valence-electron chi connectivity index (χ1n) is 6.51. The highest BCUT2D eigenvalue weighted by atomic mass is 32.2. The molecule has 114 valence electrons. The SMILES string of the molecule is COCOCCCS(=O)(=O)NC(C)(C)c1ccccc1. The molecule has 0 heterocycles. The first-order chi connectivity index (χ1) is 9.37. The van der Waals surface area contributed by atoms with Crippen LogP contribution in [0, 0.1) is 0 Å². The van der Waals surface area contributed by atoms with E-state index in [-0.39, 0.29) is 12.5 Å². The molecule has 0 fully saturated rings. The third-order valence-electron chi connectivity index (χ3n) is 2.81. The van der Waals surface area contributed by atoms with Crippen molar-refractivity contribution in [2.45, 2.75) is 25.8 Å². The first kappa shape index (κ1) is 17.1. The van der Waals surface area contributed by atoms with E-state index in [1.54, 1.807) is 0 Å². The van der Waals surface area contributed by atoms with E-state index < -0.39 is 15.6 Å². The highest BCUT2D eigenvalue weighted by molar-refractivity contribution is 7.89. The maximum atomic E-state index is 12.1. The molecule has 0 unspecified atom stereocenters. The van der Waals surface area contributed by atoms with E-state index in [4.69, 9.17) is 9.47 Å². The molecule has 6 heteroatoms. The standard InChI is InChI=1S/C14H23NO4S/c1-14(2,13-8-5-4-6-9-13)15-20(16,17)11-7-10-19-12-18-3/h4-6,8-9,15H,7,10-12H2,1-3H3. The summed E-state index contributed by atoms with van der Waals surface area (Å²) in [6.45, 7) is 4.24. The van der Waals surface area contributed by atoms with Crippen LogP contribution in [-0.4, -0.2) is 34.7 Å². The largest absolute Gasteiger partial charge is 0.359 e. The van der Waals surface area contributed by atoms with Crippen LogP contribution in [0.15, 0.2) is 30.3 Å². The zero-order chi connectivity index (χ0) is 15.1. The summed E-state index contributed by atoms with van der Waals surface area (Å²) in [5, 5.41) is 0. The minimum atomic E-state index is -3.35. The predicted molar refractivity (Wildman–Crippen MR) is 78.8 cm³/mol. The molecule has 0 radical (unpaired) electrons. The molecule has 0 aliphatic rings. The van der Waals surface area contributed by atoms with Gasteiger partial charge in [-0.3, -0.25) is 0 Å². The molecule has 0 spiro atoms. The van der Waals surface area contributed by atoms with Gasteiger partial charge in [0.1, 0.15) is 6.79 Å². The average molecular weight is 301 g/mol. The van der Waals surface area contributed by atoms with Crippen LogP contribution < -0.4 is 4.72 Å². The molecule has 0 atom stereocenters. The molecule has 20 heavy (non-hydrogen) atoms. The van der Waals surface area contributed by atoms with Gasteiger partial charge >= 0.3 is 0 Å². The van der Waals surface area contributed by atoms with Gasteiger partial charge in [-0.25, -0.2) is 13.1 Å². The molecule has 0 aliphatic carbocycles. The Morgan fingerprint density at radius 1 is 1.20 bits per heavy atom. The van der Waals surface area contributed by atoms with Crippen LogP contribution >= 0.6 is 0 Å². The van der Waals surface area contributed by atoms with E-state index in [2.05, 4.69) is 4.72 Å². The van der Waals surface area contributed by atoms with Gasteiger partial charge in [0, 0.05) is 7.11 Å². The highest BCUT2D eigenvalue weighted by Crippen LogP contribution is 2.20. The van der Waals surface area contributed by atoms with Crippen molar-refractivity contribution in [1.82, 2.24) is 4.72 Å². The molecule has 1 N–H and O–H groups in total. The van der Waals surface area contributed by atoms with Gasteiger partial charge in [-0.15, -0.1) is 0 Å². The van der Waals surface area contributed by atoms with E-state index in [0.717, 1.165) is 5.56 Å². The number of hydrogen-bond donors (Lipinski definition) is 1. The van der Waals surface area contributed by atoms with Gasteiger partial charge in [-0.2, -0.15) is 0 Å². The summed E-state index contributed by atoms with van der Waals surface area (Å²) in [4.78, 5) is 0. The van der Waals surface area contributed by atoms with E-state index in [1.807, 2.05) is 44.2 Å². The molecular weight excluding hydrogens is 278 g/mol. The van der Waals surface area contributed by atoms with Crippen molar-refractivity contribution in [2.24, 2.45) is 0 Å². The van der Waals surface area contributed by atoms with Gasteiger partial charge in [-0.05, 0) is 25.8 Å². The highest BCUT2D eigenvalue weighted by Gasteiger charge is 2.26. The topological polar surface area (TPSA) is 64.6 Å². The third kappa shape index (κ3) is 6.00. The lowest BCUT2D eigenvalue weighted by atomic mass is 9.96. The number of benzene rings is 1. The van der Waals surface area contributed by atoms with Crippen LogP contribution in [0.25, 0.3) is 0 Å². The van der Waals surface area contributed by atoms with E-state index in [1.165, 1.54) is 7.11 Å². The second kappa shape index (κ2) is 7.73. The Bertz CT molecular complexity index is 485. The van der Waals surface area contributed by atoms with Crippen molar-refractivity contribution < 1.29 is 17.9 Å². The number of methoxy groups -OCH3 is 1. The lowest BCUT2D eigenvalue weighted by molar-refractivity contribution is -0.0298. The van der Waals surface area contributed by atoms with Crippen LogP contribution in [-0.2, 0) is 25.0 Å². The Kier molecular flexibility index (Phi) is 6.61. The molecule has 1 aromatic carbocycles. The van der Waals surface area contributed by atoms with Crippen molar-refractivity contribution in [3.8, 4) is 0 Å². The van der Waals surface area contributed by atoms with Crippen molar-refractivity contribution in [3.63, 3.8) is 0 Å². The third-order valence-corrected chi connectivity index (χ3v) is 4.46. The summed E-state index contributed by atoms with van der Waals surface area (Å²) in [5.74, 6) is 0.0347.